The van der Waals surface area contributed by atoms with Crippen molar-refractivity contribution in [3.8, 4) is 11.5 Å². The molecule has 3 amide bonds. The van der Waals surface area contributed by atoms with Crippen molar-refractivity contribution in [1.82, 2.24) is 4.90 Å². The molecule has 9 nitrogen and oxygen atoms in total. The number of carbonyl (C=O) groups is 4. The molecule has 1 aliphatic carbocycles. The van der Waals surface area contributed by atoms with E-state index in [1.165, 1.54) is 21.1 Å². The first kappa shape index (κ1) is 21.4. The first-order valence-corrected chi connectivity index (χ1v) is 9.57. The van der Waals surface area contributed by atoms with Crippen molar-refractivity contribution in [2.45, 2.75) is 25.8 Å². The molecule has 30 heavy (non-hydrogen) atoms. The molecule has 1 fully saturated rings. The number of likely N-dealkylation sites (tertiary alicyclic amines) is 1. The van der Waals surface area contributed by atoms with Gasteiger partial charge in [0, 0.05) is 6.07 Å². The van der Waals surface area contributed by atoms with E-state index >= 15 is 0 Å². The summed E-state index contributed by atoms with van der Waals surface area (Å²) in [7, 11) is 2.96. The van der Waals surface area contributed by atoms with Gasteiger partial charge in [-0.3, -0.25) is 19.3 Å². The number of nitrogens with zero attached hydrogens (tertiary/aromatic N) is 1. The number of carbonyl (C=O) groups excluding carboxylic acids is 4. The normalized spacial score (nSPS) is 21.1. The van der Waals surface area contributed by atoms with Gasteiger partial charge in [-0.1, -0.05) is 12.2 Å². The monoisotopic (exact) mass is 416 g/mol. The van der Waals surface area contributed by atoms with Gasteiger partial charge in [-0.05, 0) is 31.9 Å². The molecule has 0 unspecified atom stereocenters. The van der Waals surface area contributed by atoms with Gasteiger partial charge in [0.05, 0.1) is 31.7 Å². The number of hydrogen-bond acceptors (Lipinski definition) is 7. The molecule has 1 aromatic carbocycles. The zero-order chi connectivity index (χ0) is 21.8. The minimum absolute atomic E-state index is 0.369. The van der Waals surface area contributed by atoms with Crippen LogP contribution in [0.1, 0.15) is 19.8 Å². The standard InChI is InChI=1S/C21H24N2O7/c1-12(23-19(25)14-6-4-5-7-15(14)20(23)26)21(27)30-11-18(24)22-16-9-8-13(28-2)10-17(16)29-3/h4-5,8-10,12,14-15H,6-7,11H2,1-3H3,(H,22,24)/t12-,14+,15+/m0/s1. The number of ether oxygens (including phenoxy) is 3. The molecule has 1 aliphatic heterocycles. The van der Waals surface area contributed by atoms with Crippen molar-refractivity contribution in [2.24, 2.45) is 11.8 Å². The number of allylic oxidation sites excluding steroid dienone is 2. The van der Waals surface area contributed by atoms with E-state index in [2.05, 4.69) is 5.32 Å². The second-order valence-electron chi connectivity index (χ2n) is 7.10. The Kier molecular flexibility index (Phi) is 6.39. The van der Waals surface area contributed by atoms with E-state index in [1.54, 1.807) is 18.2 Å². The molecule has 3 atom stereocenters. The molecule has 0 bridgehead atoms. The first-order chi connectivity index (χ1) is 14.4. The van der Waals surface area contributed by atoms with Crippen LogP contribution < -0.4 is 14.8 Å². The Labute approximate surface area is 174 Å². The average Bonchev–Trinajstić information content (AvgIpc) is 3.02. The molecule has 160 valence electrons. The zero-order valence-corrected chi connectivity index (χ0v) is 17.0. The van der Waals surface area contributed by atoms with Crippen molar-refractivity contribution < 1.29 is 33.4 Å². The topological polar surface area (TPSA) is 111 Å². The van der Waals surface area contributed by atoms with Crippen LogP contribution >= 0.6 is 0 Å². The quantitative estimate of drug-likeness (QED) is 0.408. The molecule has 3 rings (SSSR count). The zero-order valence-electron chi connectivity index (χ0n) is 17.0. The van der Waals surface area contributed by atoms with Crippen LogP contribution in [0.4, 0.5) is 5.69 Å². The fourth-order valence-corrected chi connectivity index (χ4v) is 3.66. The SMILES string of the molecule is COc1ccc(NC(=O)COC(=O)[C@H](C)N2C(=O)[C@@H]3CC=CC[C@H]3C2=O)c(OC)c1. The summed E-state index contributed by atoms with van der Waals surface area (Å²) in [6, 6.07) is 3.74. The second kappa shape index (κ2) is 8.98. The number of anilines is 1. The molecule has 0 aromatic heterocycles. The summed E-state index contributed by atoms with van der Waals surface area (Å²) in [5.41, 5.74) is 0.383. The number of esters is 1. The summed E-state index contributed by atoms with van der Waals surface area (Å²) < 4.78 is 15.3. The van der Waals surface area contributed by atoms with Gasteiger partial charge in [0.15, 0.2) is 6.61 Å². The molecule has 0 spiro atoms. The fraction of sp³-hybridized carbons (Fsp3) is 0.429. The third-order valence-electron chi connectivity index (χ3n) is 5.30. The van der Waals surface area contributed by atoms with E-state index in [-0.39, 0.29) is 11.8 Å². The predicted molar refractivity (Wildman–Crippen MR) is 106 cm³/mol. The lowest BCUT2D eigenvalue weighted by atomic mass is 9.85. The van der Waals surface area contributed by atoms with Gasteiger partial charge >= 0.3 is 5.97 Å². The van der Waals surface area contributed by atoms with Crippen molar-refractivity contribution >= 4 is 29.4 Å². The van der Waals surface area contributed by atoms with Crippen LogP contribution in [-0.4, -0.2) is 55.5 Å². The summed E-state index contributed by atoms with van der Waals surface area (Å²) in [6.07, 6.45) is 4.71. The maximum absolute atomic E-state index is 12.6. The Morgan fingerprint density at radius 1 is 1.10 bits per heavy atom. The number of rotatable bonds is 7. The maximum Gasteiger partial charge on any atom is 0.329 e. The van der Waals surface area contributed by atoms with Gasteiger partial charge in [-0.25, -0.2) is 4.79 Å². The van der Waals surface area contributed by atoms with E-state index in [0.717, 1.165) is 4.90 Å². The van der Waals surface area contributed by atoms with Gasteiger partial charge in [0.25, 0.3) is 5.91 Å². The maximum atomic E-state index is 12.6. The Morgan fingerprint density at radius 3 is 2.30 bits per heavy atom. The summed E-state index contributed by atoms with van der Waals surface area (Å²) in [6.45, 7) is 0.857. The highest BCUT2D eigenvalue weighted by Gasteiger charge is 2.50. The third kappa shape index (κ3) is 4.14. The number of fused-ring (bicyclic) bond motifs is 1. The van der Waals surface area contributed by atoms with Crippen LogP contribution in [-0.2, 0) is 23.9 Å². The van der Waals surface area contributed by atoms with Crippen LogP contribution in [0.25, 0.3) is 0 Å². The van der Waals surface area contributed by atoms with E-state index in [0.29, 0.717) is 30.0 Å². The van der Waals surface area contributed by atoms with Gasteiger partial charge in [-0.2, -0.15) is 0 Å². The van der Waals surface area contributed by atoms with Gasteiger partial charge in [0.2, 0.25) is 11.8 Å². The van der Waals surface area contributed by atoms with Crippen LogP contribution in [0.2, 0.25) is 0 Å². The van der Waals surface area contributed by atoms with E-state index < -0.39 is 36.4 Å². The van der Waals surface area contributed by atoms with E-state index in [1.807, 2.05) is 12.2 Å². The number of methoxy groups -OCH3 is 2. The minimum Gasteiger partial charge on any atom is -0.497 e. The number of nitrogens with one attached hydrogen (secondary N) is 1. The van der Waals surface area contributed by atoms with Crippen LogP contribution in [0.15, 0.2) is 30.4 Å². The van der Waals surface area contributed by atoms with E-state index in [4.69, 9.17) is 14.2 Å². The molecule has 9 heteroatoms. The lowest BCUT2D eigenvalue weighted by Gasteiger charge is -2.21. The molecule has 1 heterocycles. The minimum atomic E-state index is -1.10. The smallest absolute Gasteiger partial charge is 0.329 e. The highest BCUT2D eigenvalue weighted by Crippen LogP contribution is 2.36. The highest BCUT2D eigenvalue weighted by atomic mass is 16.5. The number of imide groups is 1. The molecular formula is C21H24N2O7. The van der Waals surface area contributed by atoms with E-state index in [9.17, 15) is 19.2 Å². The Morgan fingerprint density at radius 2 is 1.73 bits per heavy atom. The Bertz CT molecular complexity index is 869. The van der Waals surface area contributed by atoms with Crippen molar-refractivity contribution in [3.63, 3.8) is 0 Å². The third-order valence-corrected chi connectivity index (χ3v) is 5.30. The lowest BCUT2D eigenvalue weighted by molar-refractivity contribution is -0.159. The molecule has 0 radical (unpaired) electrons. The predicted octanol–water partition coefficient (Wildman–Crippen LogP) is 1.53. The van der Waals surface area contributed by atoms with Gasteiger partial charge < -0.3 is 19.5 Å². The second-order valence-corrected chi connectivity index (χ2v) is 7.10. The van der Waals surface area contributed by atoms with Crippen molar-refractivity contribution in [3.05, 3.63) is 30.4 Å². The van der Waals surface area contributed by atoms with Crippen LogP contribution in [0.5, 0.6) is 11.5 Å². The summed E-state index contributed by atoms with van der Waals surface area (Å²) in [5.74, 6) is -2.06. The highest BCUT2D eigenvalue weighted by molar-refractivity contribution is 6.08. The summed E-state index contributed by atoms with van der Waals surface area (Å²) in [5, 5.41) is 2.58. The van der Waals surface area contributed by atoms with Gasteiger partial charge in [0.1, 0.15) is 17.5 Å². The molecule has 1 saturated heterocycles. The van der Waals surface area contributed by atoms with Crippen LogP contribution in [0, 0.1) is 11.8 Å². The molecule has 2 aliphatic rings. The van der Waals surface area contributed by atoms with Gasteiger partial charge in [-0.15, -0.1) is 0 Å². The fourth-order valence-electron chi connectivity index (χ4n) is 3.66. The number of hydrogen-bond donors (Lipinski definition) is 1. The number of amides is 3. The van der Waals surface area contributed by atoms with Crippen molar-refractivity contribution in [2.75, 3.05) is 26.1 Å². The number of benzene rings is 1. The summed E-state index contributed by atoms with van der Waals surface area (Å²) >= 11 is 0. The Hall–Kier alpha value is -3.36. The summed E-state index contributed by atoms with van der Waals surface area (Å²) in [4.78, 5) is 50.7. The first-order valence-electron chi connectivity index (χ1n) is 9.57. The van der Waals surface area contributed by atoms with Crippen molar-refractivity contribution in [1.29, 1.82) is 0 Å². The molecule has 1 aromatic rings. The largest absolute Gasteiger partial charge is 0.497 e. The van der Waals surface area contributed by atoms with Crippen LogP contribution in [0.3, 0.4) is 0 Å². The molecular weight excluding hydrogens is 392 g/mol. The molecule has 1 N–H and O–H groups in total. The average molecular weight is 416 g/mol. The molecule has 0 saturated carbocycles. The lowest BCUT2D eigenvalue weighted by Crippen LogP contribution is -2.45. The Balaban J connectivity index is 1.57.